The Balaban J connectivity index is 0.000000227. The summed E-state index contributed by atoms with van der Waals surface area (Å²) in [5, 5.41) is 8.43. The monoisotopic (exact) mass is 342 g/mol. The van der Waals surface area contributed by atoms with Gasteiger partial charge in [-0.15, -0.1) is 0 Å². The van der Waals surface area contributed by atoms with Gasteiger partial charge in [0.1, 0.15) is 0 Å². The quantitative estimate of drug-likeness (QED) is 0.572. The van der Waals surface area contributed by atoms with Gasteiger partial charge in [-0.3, -0.25) is 0 Å². The summed E-state index contributed by atoms with van der Waals surface area (Å²) in [5.41, 5.74) is 0. The Morgan fingerprint density at radius 3 is 1.57 bits per heavy atom. The van der Waals surface area contributed by atoms with Crippen molar-refractivity contribution in [3.63, 3.8) is 0 Å². The van der Waals surface area contributed by atoms with Crippen molar-refractivity contribution in [3.8, 4) is 0 Å². The summed E-state index contributed by atoms with van der Waals surface area (Å²) in [5.74, 6) is 0.986. The van der Waals surface area contributed by atoms with Crippen LogP contribution in [0.5, 0.6) is 0 Å². The minimum Gasteiger partial charge on any atom is -0.396 e. The standard InChI is InChI=1S/C6H7O.C5H4I.Fe/c7-5-6-3-1-2-4-6;6-5-3-1-2-4-5;/h1-4,7H,5H2;1-4H;/q;;+2. The molecule has 0 aromatic rings. The molecule has 2 aliphatic carbocycles. The first-order chi connectivity index (χ1) is 6.33. The zero-order valence-electron chi connectivity index (χ0n) is 7.50. The van der Waals surface area contributed by atoms with E-state index in [2.05, 4.69) is 35.4 Å². The molecule has 2 rings (SSSR count). The first kappa shape index (κ1) is 15.2. The van der Waals surface area contributed by atoms with Crippen LogP contribution in [0.4, 0.5) is 0 Å². The van der Waals surface area contributed by atoms with E-state index in [0.29, 0.717) is 0 Å². The van der Waals surface area contributed by atoms with Gasteiger partial charge in [0.05, 0.1) is 0 Å². The average Bonchev–Trinajstić information content (AvgIpc) is 2.76. The minimum absolute atomic E-state index is 0. The van der Waals surface area contributed by atoms with Gasteiger partial charge >= 0.3 is 17.1 Å². The maximum Gasteiger partial charge on any atom is 2.00 e. The van der Waals surface area contributed by atoms with Crippen molar-refractivity contribution < 1.29 is 22.2 Å². The first-order valence-electron chi connectivity index (χ1n) is 4.01. The second-order valence-corrected chi connectivity index (χ2v) is 3.80. The zero-order chi connectivity index (χ0) is 9.52. The molecule has 0 aliphatic heterocycles. The van der Waals surface area contributed by atoms with Crippen LogP contribution in [0.25, 0.3) is 0 Å². The van der Waals surface area contributed by atoms with Gasteiger partial charge in [0.25, 0.3) is 0 Å². The predicted octanol–water partition coefficient (Wildman–Crippen LogP) is 2.17. The van der Waals surface area contributed by atoms with E-state index in [1.165, 1.54) is 3.92 Å². The van der Waals surface area contributed by atoms with Crippen LogP contribution < -0.4 is 0 Å². The molecule has 0 atom stereocenters. The SMILES string of the molecule is I[C]1[CH][CH][CH][CH]1.OC[C]1[CH][CH][CH][CH]1.[Fe+2]. The second kappa shape index (κ2) is 9.44. The van der Waals surface area contributed by atoms with Crippen molar-refractivity contribution in [2.75, 3.05) is 6.61 Å². The van der Waals surface area contributed by atoms with E-state index in [1.54, 1.807) is 0 Å². The van der Waals surface area contributed by atoms with E-state index in [9.17, 15) is 0 Å². The number of hydrogen-bond donors (Lipinski definition) is 1. The van der Waals surface area contributed by atoms with Crippen LogP contribution in [0.1, 0.15) is 0 Å². The molecule has 0 heterocycles. The van der Waals surface area contributed by atoms with E-state index in [4.69, 9.17) is 5.11 Å². The molecule has 0 bridgehead atoms. The van der Waals surface area contributed by atoms with Gasteiger partial charge in [-0.2, -0.15) is 0 Å². The van der Waals surface area contributed by atoms with E-state index in [-0.39, 0.29) is 23.7 Å². The smallest absolute Gasteiger partial charge is 0.396 e. The minimum atomic E-state index is 0. The Morgan fingerprint density at radius 1 is 0.929 bits per heavy atom. The number of rotatable bonds is 1. The Morgan fingerprint density at radius 2 is 1.36 bits per heavy atom. The van der Waals surface area contributed by atoms with Gasteiger partial charge in [-0.25, -0.2) is 0 Å². The van der Waals surface area contributed by atoms with Crippen LogP contribution in [0.3, 0.4) is 0 Å². The molecule has 3 heteroatoms. The van der Waals surface area contributed by atoms with Crippen molar-refractivity contribution in [2.45, 2.75) is 0 Å². The third-order valence-corrected chi connectivity index (χ3v) is 2.26. The fourth-order valence-electron chi connectivity index (χ4n) is 0.870. The molecule has 0 saturated heterocycles. The van der Waals surface area contributed by atoms with Crippen molar-refractivity contribution in [3.05, 3.63) is 61.2 Å². The van der Waals surface area contributed by atoms with Crippen LogP contribution in [0, 0.1) is 61.2 Å². The maximum absolute atomic E-state index is 8.43. The number of aliphatic hydroxyl groups is 1. The Bertz CT molecular complexity index is 120. The maximum atomic E-state index is 8.43. The third-order valence-electron chi connectivity index (χ3n) is 1.54. The Hall–Kier alpha value is 1.21. The largest absolute Gasteiger partial charge is 2.00 e. The first-order valence-corrected chi connectivity index (χ1v) is 5.09. The molecular formula is C11H11FeIO+2. The predicted molar refractivity (Wildman–Crippen MR) is 62.0 cm³/mol. The Labute approximate surface area is 112 Å². The molecular weight excluding hydrogens is 331 g/mol. The summed E-state index contributed by atoms with van der Waals surface area (Å²) in [7, 11) is 0. The van der Waals surface area contributed by atoms with E-state index < -0.39 is 0 Å². The van der Waals surface area contributed by atoms with Crippen molar-refractivity contribution in [2.24, 2.45) is 0 Å². The molecule has 14 heavy (non-hydrogen) atoms. The number of halogens is 1. The van der Waals surface area contributed by atoms with Crippen molar-refractivity contribution in [1.82, 2.24) is 0 Å². The van der Waals surface area contributed by atoms with Gasteiger partial charge in [-0.1, -0.05) is 22.6 Å². The topological polar surface area (TPSA) is 20.2 Å². The van der Waals surface area contributed by atoms with Crippen LogP contribution in [-0.2, 0) is 17.1 Å². The molecule has 0 unspecified atom stereocenters. The van der Waals surface area contributed by atoms with Crippen LogP contribution >= 0.6 is 22.6 Å². The summed E-state index contributed by atoms with van der Waals surface area (Å²) in [6, 6.07) is 0. The van der Waals surface area contributed by atoms with Gasteiger partial charge in [0, 0.05) is 16.4 Å². The number of aliphatic hydroxyl groups excluding tert-OH is 1. The van der Waals surface area contributed by atoms with Crippen molar-refractivity contribution in [1.29, 1.82) is 0 Å². The zero-order valence-corrected chi connectivity index (χ0v) is 10.8. The molecule has 0 spiro atoms. The summed E-state index contributed by atoms with van der Waals surface area (Å²) in [6.45, 7) is 0.160. The molecule has 2 aliphatic rings. The molecule has 0 amide bonds. The molecule has 0 aromatic carbocycles. The van der Waals surface area contributed by atoms with Gasteiger partial charge in [0.15, 0.2) is 0 Å². The summed E-state index contributed by atoms with van der Waals surface area (Å²) < 4.78 is 1.31. The molecule has 2 fully saturated rings. The Kier molecular flexibility index (Phi) is 10.3. The normalized spacial score (nSPS) is 22.7. The van der Waals surface area contributed by atoms with Gasteiger partial charge in [-0.05, 0) is 51.4 Å². The second-order valence-electron chi connectivity index (χ2n) is 2.55. The number of hydrogen-bond acceptors (Lipinski definition) is 1. The fourth-order valence-corrected chi connectivity index (χ4v) is 1.28. The van der Waals surface area contributed by atoms with E-state index in [0.717, 1.165) is 5.92 Å². The fraction of sp³-hybridized carbons (Fsp3) is 0.0909. The van der Waals surface area contributed by atoms with E-state index in [1.807, 2.05) is 38.5 Å². The third kappa shape index (κ3) is 6.65. The van der Waals surface area contributed by atoms with Crippen LogP contribution in [0.2, 0.25) is 0 Å². The summed E-state index contributed by atoms with van der Waals surface area (Å²) in [6.07, 6.45) is 15.8. The van der Waals surface area contributed by atoms with Crippen LogP contribution in [0.15, 0.2) is 0 Å². The van der Waals surface area contributed by atoms with Crippen LogP contribution in [-0.4, -0.2) is 11.7 Å². The van der Waals surface area contributed by atoms with E-state index >= 15 is 0 Å². The molecule has 1 N–H and O–H groups in total. The summed E-state index contributed by atoms with van der Waals surface area (Å²) in [4.78, 5) is 0. The molecule has 2 saturated carbocycles. The van der Waals surface area contributed by atoms with Gasteiger partial charge in [0.2, 0.25) is 0 Å². The van der Waals surface area contributed by atoms with Gasteiger partial charge < -0.3 is 5.11 Å². The molecule has 74 valence electrons. The summed E-state index contributed by atoms with van der Waals surface area (Å²) >= 11 is 2.28. The molecule has 0 aromatic heterocycles. The van der Waals surface area contributed by atoms with Crippen molar-refractivity contribution >= 4 is 22.6 Å². The molecule has 1 nitrogen and oxygen atoms in total. The molecule has 10 radical (unpaired) electrons. The average molecular weight is 342 g/mol.